The Morgan fingerprint density at radius 1 is 1.24 bits per heavy atom. The van der Waals surface area contributed by atoms with E-state index in [1.165, 1.54) is 6.07 Å². The number of hydrogen-bond donors (Lipinski definition) is 0. The van der Waals surface area contributed by atoms with Crippen molar-refractivity contribution in [2.45, 2.75) is 25.4 Å². The Bertz CT molecular complexity index is 713. The molecule has 0 aliphatic carbocycles. The Balaban J connectivity index is 2.24. The molecule has 5 heteroatoms. The molecule has 0 bridgehead atoms. The Kier molecular flexibility index (Phi) is 3.24. The Morgan fingerprint density at radius 3 is 2.52 bits per heavy atom. The van der Waals surface area contributed by atoms with Gasteiger partial charge in [0.25, 0.3) is 0 Å². The SMILES string of the molecule is CC1(C)Oc2c(cc(Br)cc2[N+](=O)[O-])C1c1ccccc1. The summed E-state index contributed by atoms with van der Waals surface area (Å²) in [5, 5.41) is 11.3. The first-order chi connectivity index (χ1) is 9.90. The highest BCUT2D eigenvalue weighted by molar-refractivity contribution is 9.10. The van der Waals surface area contributed by atoms with Crippen LogP contribution in [0.1, 0.15) is 30.9 Å². The summed E-state index contributed by atoms with van der Waals surface area (Å²) >= 11 is 3.36. The zero-order chi connectivity index (χ0) is 15.2. The lowest BCUT2D eigenvalue weighted by Crippen LogP contribution is -2.30. The fourth-order valence-electron chi connectivity index (χ4n) is 2.98. The third kappa shape index (κ3) is 2.31. The summed E-state index contributed by atoms with van der Waals surface area (Å²) < 4.78 is 6.64. The average molecular weight is 348 g/mol. The molecule has 2 aromatic rings. The second kappa shape index (κ2) is 4.84. The molecule has 2 aromatic carbocycles. The summed E-state index contributed by atoms with van der Waals surface area (Å²) in [6, 6.07) is 13.3. The van der Waals surface area contributed by atoms with Crippen molar-refractivity contribution in [1.82, 2.24) is 0 Å². The molecule has 0 aromatic heterocycles. The van der Waals surface area contributed by atoms with Crippen LogP contribution in [0.25, 0.3) is 0 Å². The number of nitro benzene ring substituents is 1. The number of fused-ring (bicyclic) bond motifs is 1. The van der Waals surface area contributed by atoms with Gasteiger partial charge in [-0.1, -0.05) is 46.3 Å². The molecular weight excluding hydrogens is 334 g/mol. The smallest absolute Gasteiger partial charge is 0.312 e. The van der Waals surface area contributed by atoms with Crippen molar-refractivity contribution in [1.29, 1.82) is 0 Å². The largest absolute Gasteiger partial charge is 0.480 e. The van der Waals surface area contributed by atoms with Gasteiger partial charge in [-0.05, 0) is 25.5 Å². The van der Waals surface area contributed by atoms with Crippen LogP contribution in [0.5, 0.6) is 5.75 Å². The first-order valence-electron chi connectivity index (χ1n) is 6.62. The van der Waals surface area contributed by atoms with E-state index in [9.17, 15) is 10.1 Å². The second-order valence-corrected chi connectivity index (χ2v) is 6.57. The molecule has 0 spiro atoms. The van der Waals surface area contributed by atoms with Crippen molar-refractivity contribution in [3.63, 3.8) is 0 Å². The van der Waals surface area contributed by atoms with E-state index >= 15 is 0 Å². The van der Waals surface area contributed by atoms with Crippen molar-refractivity contribution in [2.24, 2.45) is 0 Å². The molecule has 0 radical (unpaired) electrons. The molecule has 0 amide bonds. The molecule has 1 atom stereocenters. The lowest BCUT2D eigenvalue weighted by atomic mass is 9.81. The predicted molar refractivity (Wildman–Crippen MR) is 83.8 cm³/mol. The van der Waals surface area contributed by atoms with Crippen LogP contribution in [-0.4, -0.2) is 10.5 Å². The van der Waals surface area contributed by atoms with Gasteiger partial charge in [0.1, 0.15) is 5.60 Å². The molecule has 4 nitrogen and oxygen atoms in total. The number of halogens is 1. The predicted octanol–water partition coefficient (Wildman–Crippen LogP) is 4.66. The van der Waals surface area contributed by atoms with Crippen LogP contribution in [0.2, 0.25) is 0 Å². The van der Waals surface area contributed by atoms with E-state index in [0.29, 0.717) is 10.2 Å². The van der Waals surface area contributed by atoms with Crippen molar-refractivity contribution >= 4 is 21.6 Å². The lowest BCUT2D eigenvalue weighted by molar-refractivity contribution is -0.386. The summed E-state index contributed by atoms with van der Waals surface area (Å²) in [6.07, 6.45) is 0. The third-order valence-electron chi connectivity index (χ3n) is 3.76. The van der Waals surface area contributed by atoms with E-state index in [-0.39, 0.29) is 11.6 Å². The van der Waals surface area contributed by atoms with Crippen LogP contribution in [0.15, 0.2) is 46.9 Å². The molecule has 1 heterocycles. The first-order valence-corrected chi connectivity index (χ1v) is 7.41. The molecule has 21 heavy (non-hydrogen) atoms. The number of benzene rings is 2. The fourth-order valence-corrected chi connectivity index (χ4v) is 3.45. The minimum Gasteiger partial charge on any atom is -0.480 e. The highest BCUT2D eigenvalue weighted by Crippen LogP contribution is 2.52. The summed E-state index contributed by atoms with van der Waals surface area (Å²) in [6.45, 7) is 3.92. The van der Waals surface area contributed by atoms with Crippen LogP contribution in [0, 0.1) is 10.1 Å². The van der Waals surface area contributed by atoms with Crippen molar-refractivity contribution < 1.29 is 9.66 Å². The van der Waals surface area contributed by atoms with Gasteiger partial charge < -0.3 is 4.74 Å². The first kappa shape index (κ1) is 14.1. The minimum atomic E-state index is -0.533. The average Bonchev–Trinajstić information content (AvgIpc) is 2.68. The van der Waals surface area contributed by atoms with E-state index in [4.69, 9.17) is 4.74 Å². The Labute approximate surface area is 131 Å². The molecule has 0 saturated carbocycles. The van der Waals surface area contributed by atoms with Crippen LogP contribution < -0.4 is 4.74 Å². The van der Waals surface area contributed by atoms with Gasteiger partial charge in [-0.25, -0.2) is 0 Å². The molecule has 0 fully saturated rings. The van der Waals surface area contributed by atoms with E-state index in [1.54, 1.807) is 0 Å². The summed E-state index contributed by atoms with van der Waals surface area (Å²) in [7, 11) is 0. The van der Waals surface area contributed by atoms with Gasteiger partial charge in [-0.15, -0.1) is 0 Å². The van der Waals surface area contributed by atoms with Gasteiger partial charge in [-0.3, -0.25) is 10.1 Å². The van der Waals surface area contributed by atoms with Crippen LogP contribution in [0.3, 0.4) is 0 Å². The van der Waals surface area contributed by atoms with Gasteiger partial charge in [-0.2, -0.15) is 0 Å². The van der Waals surface area contributed by atoms with Crippen LogP contribution in [0.4, 0.5) is 5.69 Å². The number of nitro groups is 1. The maximum Gasteiger partial charge on any atom is 0.312 e. The molecule has 0 saturated heterocycles. The summed E-state index contributed by atoms with van der Waals surface area (Å²) in [4.78, 5) is 10.9. The molecule has 3 rings (SSSR count). The molecular formula is C16H14BrNO3. The van der Waals surface area contributed by atoms with Gasteiger partial charge >= 0.3 is 5.69 Å². The van der Waals surface area contributed by atoms with E-state index in [2.05, 4.69) is 15.9 Å². The monoisotopic (exact) mass is 347 g/mol. The number of ether oxygens (including phenoxy) is 1. The molecule has 0 N–H and O–H groups in total. The van der Waals surface area contributed by atoms with Crippen LogP contribution >= 0.6 is 15.9 Å². The molecule has 108 valence electrons. The normalized spacial score (nSPS) is 18.9. The molecule has 1 aliphatic heterocycles. The quantitative estimate of drug-likeness (QED) is 0.586. The van der Waals surface area contributed by atoms with E-state index in [1.807, 2.05) is 50.2 Å². The fraction of sp³-hybridized carbons (Fsp3) is 0.250. The second-order valence-electron chi connectivity index (χ2n) is 5.65. The Morgan fingerprint density at radius 2 is 1.90 bits per heavy atom. The number of nitrogens with zero attached hydrogens (tertiary/aromatic N) is 1. The maximum atomic E-state index is 11.3. The zero-order valence-electron chi connectivity index (χ0n) is 11.7. The van der Waals surface area contributed by atoms with Gasteiger partial charge in [0.05, 0.1) is 10.8 Å². The highest BCUT2D eigenvalue weighted by Gasteiger charge is 2.45. The lowest BCUT2D eigenvalue weighted by Gasteiger charge is -2.26. The highest BCUT2D eigenvalue weighted by atomic mass is 79.9. The van der Waals surface area contributed by atoms with Gasteiger partial charge in [0.15, 0.2) is 0 Å². The number of hydrogen-bond acceptors (Lipinski definition) is 3. The van der Waals surface area contributed by atoms with Gasteiger partial charge in [0.2, 0.25) is 5.75 Å². The maximum absolute atomic E-state index is 11.3. The van der Waals surface area contributed by atoms with Crippen molar-refractivity contribution in [3.8, 4) is 5.75 Å². The van der Waals surface area contributed by atoms with Crippen molar-refractivity contribution in [2.75, 3.05) is 0 Å². The van der Waals surface area contributed by atoms with Crippen LogP contribution in [-0.2, 0) is 0 Å². The van der Waals surface area contributed by atoms with Crippen molar-refractivity contribution in [3.05, 3.63) is 68.2 Å². The van der Waals surface area contributed by atoms with E-state index < -0.39 is 10.5 Å². The third-order valence-corrected chi connectivity index (χ3v) is 4.22. The van der Waals surface area contributed by atoms with Gasteiger partial charge in [0, 0.05) is 16.1 Å². The standard InChI is InChI=1S/C16H14BrNO3/c1-16(2)14(10-6-4-3-5-7-10)12-8-11(17)9-13(18(19)20)15(12)21-16/h3-9,14H,1-2H3. The molecule has 1 unspecified atom stereocenters. The number of rotatable bonds is 2. The van der Waals surface area contributed by atoms with E-state index in [0.717, 1.165) is 11.1 Å². The summed E-state index contributed by atoms with van der Waals surface area (Å²) in [5.41, 5.74) is 1.42. The minimum absolute atomic E-state index is 0.00545. The topological polar surface area (TPSA) is 52.4 Å². The summed E-state index contributed by atoms with van der Waals surface area (Å²) in [5.74, 6) is 0.340. The molecule has 1 aliphatic rings. The zero-order valence-corrected chi connectivity index (χ0v) is 13.3. The Hall–Kier alpha value is -1.88.